The van der Waals surface area contributed by atoms with Crippen LogP contribution in [0.4, 0.5) is 0 Å². The number of nitrogens with zero attached hydrogens (tertiary/aromatic N) is 1. The van der Waals surface area contributed by atoms with Crippen LogP contribution in [0.3, 0.4) is 0 Å². The fourth-order valence-electron chi connectivity index (χ4n) is 5.44. The number of hydrogen-bond donors (Lipinski definition) is 0. The molecule has 3 heteroatoms. The number of fused-ring (bicyclic) bond motifs is 7. The van der Waals surface area contributed by atoms with Crippen molar-refractivity contribution in [1.29, 1.82) is 0 Å². The Morgan fingerprint density at radius 1 is 0.786 bits per heavy atom. The molecule has 1 fully saturated rings. The van der Waals surface area contributed by atoms with Gasteiger partial charge in [0.15, 0.2) is 0 Å². The molecule has 0 radical (unpaired) electrons. The van der Waals surface area contributed by atoms with Gasteiger partial charge in [-0.25, -0.2) is 0 Å². The molecule has 2 aliphatic heterocycles. The monoisotopic (exact) mass is 375 g/mol. The van der Waals surface area contributed by atoms with Crippen LogP contribution in [0.15, 0.2) is 24.3 Å². The first kappa shape index (κ1) is 17.8. The number of methoxy groups -OCH3 is 2. The summed E-state index contributed by atoms with van der Waals surface area (Å²) in [6, 6.07) is 9.86. The first-order valence-corrected chi connectivity index (χ1v) is 10.4. The van der Waals surface area contributed by atoms with Crippen molar-refractivity contribution < 1.29 is 9.47 Å². The van der Waals surface area contributed by atoms with Gasteiger partial charge in [0.2, 0.25) is 0 Å². The standard InChI is InChI=1S/C25H29NO2/c1-15-9-18-19-10-16(2)25(28-4)13-22(19)23-14-26-8-6-5-7-17(26)11-20(23)21(18)12-24(15)27-3/h9-10,12-13,17H,5-8,11,14H2,1-4H3. The molecule has 0 amide bonds. The fourth-order valence-corrected chi connectivity index (χ4v) is 5.44. The zero-order valence-corrected chi connectivity index (χ0v) is 17.4. The molecule has 3 nitrogen and oxygen atoms in total. The van der Waals surface area contributed by atoms with Crippen molar-refractivity contribution in [3.05, 3.63) is 46.5 Å². The summed E-state index contributed by atoms with van der Waals surface area (Å²) < 4.78 is 11.4. The molecule has 28 heavy (non-hydrogen) atoms. The maximum atomic E-state index is 5.69. The van der Waals surface area contributed by atoms with E-state index >= 15 is 0 Å². The smallest absolute Gasteiger partial charge is 0.122 e. The maximum Gasteiger partial charge on any atom is 0.122 e. The molecule has 1 atom stereocenters. The van der Waals surface area contributed by atoms with E-state index in [4.69, 9.17) is 9.47 Å². The van der Waals surface area contributed by atoms with E-state index in [0.717, 1.165) is 24.5 Å². The summed E-state index contributed by atoms with van der Waals surface area (Å²) in [5.41, 5.74) is 5.40. The Morgan fingerprint density at radius 3 is 2.00 bits per heavy atom. The lowest BCUT2D eigenvalue weighted by Crippen LogP contribution is -2.43. The van der Waals surface area contributed by atoms with Crippen molar-refractivity contribution >= 4 is 21.5 Å². The summed E-state index contributed by atoms with van der Waals surface area (Å²) in [4.78, 5) is 2.70. The number of hydrogen-bond acceptors (Lipinski definition) is 3. The van der Waals surface area contributed by atoms with Crippen molar-refractivity contribution in [1.82, 2.24) is 4.90 Å². The second-order valence-corrected chi connectivity index (χ2v) is 8.52. The molecule has 0 saturated carbocycles. The van der Waals surface area contributed by atoms with E-state index < -0.39 is 0 Å². The molecule has 0 aromatic heterocycles. The minimum absolute atomic E-state index is 0.682. The van der Waals surface area contributed by atoms with Crippen LogP contribution in [0, 0.1) is 13.8 Å². The van der Waals surface area contributed by atoms with Gasteiger partial charge in [0, 0.05) is 12.6 Å². The average molecular weight is 376 g/mol. The van der Waals surface area contributed by atoms with Crippen LogP contribution in [0.1, 0.15) is 41.5 Å². The highest BCUT2D eigenvalue weighted by Gasteiger charge is 2.31. The first-order chi connectivity index (χ1) is 13.6. The predicted molar refractivity (Wildman–Crippen MR) is 116 cm³/mol. The second-order valence-electron chi connectivity index (χ2n) is 8.52. The van der Waals surface area contributed by atoms with Gasteiger partial charge in [0.25, 0.3) is 0 Å². The fraction of sp³-hybridized carbons (Fsp3) is 0.440. The largest absolute Gasteiger partial charge is 0.496 e. The zero-order valence-electron chi connectivity index (χ0n) is 17.4. The normalized spacial score (nSPS) is 19.5. The summed E-state index contributed by atoms with van der Waals surface area (Å²) >= 11 is 0. The number of ether oxygens (including phenoxy) is 2. The van der Waals surface area contributed by atoms with Crippen LogP contribution in [-0.2, 0) is 13.0 Å². The van der Waals surface area contributed by atoms with Gasteiger partial charge in [-0.05, 0) is 108 Å². The molecule has 2 heterocycles. The van der Waals surface area contributed by atoms with Crippen LogP contribution >= 0.6 is 0 Å². The Hall–Kier alpha value is -2.26. The van der Waals surface area contributed by atoms with E-state index in [1.54, 1.807) is 14.2 Å². The van der Waals surface area contributed by atoms with Crippen molar-refractivity contribution in [3.63, 3.8) is 0 Å². The van der Waals surface area contributed by atoms with Crippen molar-refractivity contribution in [2.24, 2.45) is 0 Å². The highest BCUT2D eigenvalue weighted by molar-refractivity contribution is 6.12. The van der Waals surface area contributed by atoms with E-state index in [2.05, 4.69) is 43.0 Å². The van der Waals surface area contributed by atoms with Crippen LogP contribution in [0.2, 0.25) is 0 Å². The molecular weight excluding hydrogens is 346 g/mol. The molecule has 0 spiro atoms. The Morgan fingerprint density at radius 2 is 1.39 bits per heavy atom. The van der Waals surface area contributed by atoms with Crippen LogP contribution < -0.4 is 9.47 Å². The van der Waals surface area contributed by atoms with E-state index in [0.29, 0.717) is 6.04 Å². The third kappa shape index (κ3) is 2.60. The van der Waals surface area contributed by atoms with Gasteiger partial charge in [-0.15, -0.1) is 0 Å². The Kier molecular flexibility index (Phi) is 4.24. The van der Waals surface area contributed by atoms with E-state index in [-0.39, 0.29) is 0 Å². The van der Waals surface area contributed by atoms with E-state index in [1.165, 1.54) is 69.6 Å². The van der Waals surface area contributed by atoms with Crippen molar-refractivity contribution in [3.8, 4) is 11.5 Å². The van der Waals surface area contributed by atoms with Gasteiger partial charge in [0.1, 0.15) is 11.5 Å². The van der Waals surface area contributed by atoms with Gasteiger partial charge in [-0.2, -0.15) is 0 Å². The molecule has 3 aromatic carbocycles. The Labute approximate surface area is 167 Å². The molecule has 3 aromatic rings. The molecule has 0 N–H and O–H groups in total. The SMILES string of the molecule is COc1cc2c3c(c4cc(OC)c(C)cc4c2cc1C)CN1CCCCC1C3. The highest BCUT2D eigenvalue weighted by atomic mass is 16.5. The van der Waals surface area contributed by atoms with Crippen LogP contribution in [-0.4, -0.2) is 31.7 Å². The van der Waals surface area contributed by atoms with Crippen LogP contribution in [0.5, 0.6) is 11.5 Å². The molecule has 2 aliphatic rings. The highest BCUT2D eigenvalue weighted by Crippen LogP contribution is 2.43. The zero-order chi connectivity index (χ0) is 19.4. The first-order valence-electron chi connectivity index (χ1n) is 10.4. The predicted octanol–water partition coefficient (Wildman–Crippen LogP) is 5.54. The lowest BCUT2D eigenvalue weighted by Gasteiger charge is -2.41. The summed E-state index contributed by atoms with van der Waals surface area (Å²) in [7, 11) is 3.55. The van der Waals surface area contributed by atoms with Crippen LogP contribution in [0.25, 0.3) is 21.5 Å². The lowest BCUT2D eigenvalue weighted by atomic mass is 9.82. The van der Waals surface area contributed by atoms with Gasteiger partial charge < -0.3 is 9.47 Å². The molecule has 1 saturated heterocycles. The number of rotatable bonds is 2. The molecule has 0 aliphatic carbocycles. The third-order valence-electron chi connectivity index (χ3n) is 6.92. The average Bonchev–Trinajstić information content (AvgIpc) is 2.72. The van der Waals surface area contributed by atoms with Gasteiger partial charge in [-0.3, -0.25) is 4.90 Å². The maximum absolute atomic E-state index is 5.69. The Balaban J connectivity index is 1.88. The lowest BCUT2D eigenvalue weighted by molar-refractivity contribution is 0.128. The quantitative estimate of drug-likeness (QED) is 0.549. The molecular formula is C25H29NO2. The van der Waals surface area contributed by atoms with E-state index in [1.807, 2.05) is 0 Å². The van der Waals surface area contributed by atoms with E-state index in [9.17, 15) is 0 Å². The third-order valence-corrected chi connectivity index (χ3v) is 6.92. The molecule has 0 bridgehead atoms. The van der Waals surface area contributed by atoms with Gasteiger partial charge in [0.05, 0.1) is 14.2 Å². The number of aryl methyl sites for hydroxylation is 2. The topological polar surface area (TPSA) is 21.7 Å². The Bertz CT molecular complexity index is 999. The number of benzene rings is 3. The van der Waals surface area contributed by atoms with Gasteiger partial charge in [-0.1, -0.05) is 6.42 Å². The minimum atomic E-state index is 0.682. The summed E-state index contributed by atoms with van der Waals surface area (Å²) in [5, 5.41) is 5.42. The summed E-state index contributed by atoms with van der Waals surface area (Å²) in [6.45, 7) is 6.56. The van der Waals surface area contributed by atoms with Crippen molar-refractivity contribution in [2.45, 2.75) is 52.1 Å². The summed E-state index contributed by atoms with van der Waals surface area (Å²) in [6.07, 6.45) is 5.15. The molecule has 5 rings (SSSR count). The summed E-state index contributed by atoms with van der Waals surface area (Å²) in [5.74, 6) is 1.98. The van der Waals surface area contributed by atoms with Crippen molar-refractivity contribution in [2.75, 3.05) is 20.8 Å². The van der Waals surface area contributed by atoms with Gasteiger partial charge >= 0.3 is 0 Å². The molecule has 1 unspecified atom stereocenters. The second kappa shape index (κ2) is 6.66. The number of piperidine rings is 1. The minimum Gasteiger partial charge on any atom is -0.496 e. The molecule has 146 valence electrons.